The van der Waals surface area contributed by atoms with E-state index in [1.165, 1.54) is 0 Å². The predicted octanol–water partition coefficient (Wildman–Crippen LogP) is 1.27. The molecule has 1 aromatic heterocycles. The standard InChI is InChI=1S/C18H22N4O3/c1-19-17(24)18(22-11-5-9-20-22)8-4-10-21(13-18)16(23)14-6-3-7-15(12-14)25-2/h3,5-7,9,11-12H,4,8,10,13H2,1-2H3,(H,19,24). The van der Waals surface area contributed by atoms with Gasteiger partial charge in [0.15, 0.2) is 5.54 Å². The second-order valence-corrected chi connectivity index (χ2v) is 6.12. The topological polar surface area (TPSA) is 76.5 Å². The van der Waals surface area contributed by atoms with E-state index in [0.29, 0.717) is 24.3 Å². The van der Waals surface area contributed by atoms with Crippen LogP contribution in [0.15, 0.2) is 42.7 Å². The van der Waals surface area contributed by atoms with Gasteiger partial charge in [0.25, 0.3) is 5.91 Å². The molecular weight excluding hydrogens is 320 g/mol. The summed E-state index contributed by atoms with van der Waals surface area (Å²) < 4.78 is 6.86. The number of methoxy groups -OCH3 is 1. The van der Waals surface area contributed by atoms with E-state index in [4.69, 9.17) is 4.74 Å². The van der Waals surface area contributed by atoms with Gasteiger partial charge in [0.05, 0.1) is 13.7 Å². The van der Waals surface area contributed by atoms with E-state index in [1.54, 1.807) is 66.5 Å². The van der Waals surface area contributed by atoms with Crippen LogP contribution in [0.2, 0.25) is 0 Å². The normalized spacial score (nSPS) is 20.2. The number of rotatable bonds is 4. The minimum absolute atomic E-state index is 0.112. The zero-order valence-electron chi connectivity index (χ0n) is 14.4. The number of benzene rings is 1. The molecule has 1 unspecified atom stereocenters. The van der Waals surface area contributed by atoms with Crippen LogP contribution in [0.4, 0.5) is 0 Å². The van der Waals surface area contributed by atoms with Gasteiger partial charge < -0.3 is 15.0 Å². The molecule has 25 heavy (non-hydrogen) atoms. The van der Waals surface area contributed by atoms with E-state index in [9.17, 15) is 9.59 Å². The van der Waals surface area contributed by atoms with E-state index in [1.807, 2.05) is 0 Å². The van der Waals surface area contributed by atoms with Crippen LogP contribution in [0.1, 0.15) is 23.2 Å². The second-order valence-electron chi connectivity index (χ2n) is 6.12. The highest BCUT2D eigenvalue weighted by Gasteiger charge is 2.45. The zero-order chi connectivity index (χ0) is 17.9. The third-order valence-corrected chi connectivity index (χ3v) is 4.67. The third-order valence-electron chi connectivity index (χ3n) is 4.67. The van der Waals surface area contributed by atoms with Gasteiger partial charge in [-0.1, -0.05) is 6.07 Å². The number of carbonyl (C=O) groups is 2. The Labute approximate surface area is 146 Å². The molecule has 0 bridgehead atoms. The Hall–Kier alpha value is -2.83. The highest BCUT2D eigenvalue weighted by Crippen LogP contribution is 2.30. The number of likely N-dealkylation sites (N-methyl/N-ethyl adjacent to an activating group) is 1. The molecule has 3 rings (SSSR count). The number of likely N-dealkylation sites (tertiary alicyclic amines) is 1. The Bertz CT molecular complexity index is 759. The Morgan fingerprint density at radius 3 is 2.84 bits per heavy atom. The van der Waals surface area contributed by atoms with Crippen molar-refractivity contribution in [3.05, 3.63) is 48.3 Å². The SMILES string of the molecule is CNC(=O)C1(n2cccn2)CCCN(C(=O)c2cccc(OC)c2)C1. The first kappa shape index (κ1) is 17.0. The fourth-order valence-corrected chi connectivity index (χ4v) is 3.38. The van der Waals surface area contributed by atoms with Crippen molar-refractivity contribution in [2.75, 3.05) is 27.2 Å². The molecule has 0 spiro atoms. The maximum absolute atomic E-state index is 12.9. The van der Waals surface area contributed by atoms with Gasteiger partial charge in [-0.3, -0.25) is 14.3 Å². The fraction of sp³-hybridized carbons (Fsp3) is 0.389. The van der Waals surface area contributed by atoms with Crippen LogP contribution in [-0.4, -0.2) is 53.7 Å². The van der Waals surface area contributed by atoms with Crippen LogP contribution >= 0.6 is 0 Å². The van der Waals surface area contributed by atoms with Crippen molar-refractivity contribution in [1.82, 2.24) is 20.0 Å². The van der Waals surface area contributed by atoms with Gasteiger partial charge in [0.2, 0.25) is 5.91 Å². The minimum atomic E-state index is -0.884. The summed E-state index contributed by atoms with van der Waals surface area (Å²) in [6, 6.07) is 8.84. The maximum atomic E-state index is 12.9. The number of carbonyl (C=O) groups excluding carboxylic acids is 2. The summed E-state index contributed by atoms with van der Waals surface area (Å²) in [6.45, 7) is 0.889. The molecule has 1 fully saturated rings. The van der Waals surface area contributed by atoms with Gasteiger partial charge >= 0.3 is 0 Å². The summed E-state index contributed by atoms with van der Waals surface area (Å²) in [4.78, 5) is 27.3. The molecular formula is C18H22N4O3. The number of hydrogen-bond donors (Lipinski definition) is 1. The molecule has 132 valence electrons. The molecule has 7 nitrogen and oxygen atoms in total. The van der Waals surface area contributed by atoms with Gasteiger partial charge in [-0.05, 0) is 37.1 Å². The molecule has 1 atom stereocenters. The van der Waals surface area contributed by atoms with E-state index < -0.39 is 5.54 Å². The maximum Gasteiger partial charge on any atom is 0.254 e. The average molecular weight is 342 g/mol. The van der Waals surface area contributed by atoms with Crippen LogP contribution in [-0.2, 0) is 10.3 Å². The summed E-state index contributed by atoms with van der Waals surface area (Å²) in [5.41, 5.74) is -0.335. The summed E-state index contributed by atoms with van der Waals surface area (Å²) in [6.07, 6.45) is 4.78. The number of aromatic nitrogens is 2. The number of amides is 2. The van der Waals surface area contributed by atoms with Gasteiger partial charge in [-0.2, -0.15) is 5.10 Å². The Morgan fingerprint density at radius 2 is 2.16 bits per heavy atom. The highest BCUT2D eigenvalue weighted by atomic mass is 16.5. The Kier molecular flexibility index (Phi) is 4.74. The van der Waals surface area contributed by atoms with Gasteiger partial charge in [0, 0.05) is 31.5 Å². The van der Waals surface area contributed by atoms with Gasteiger partial charge in [-0.25, -0.2) is 0 Å². The quantitative estimate of drug-likeness (QED) is 0.908. The summed E-state index contributed by atoms with van der Waals surface area (Å²) in [5.74, 6) is 0.380. The van der Waals surface area contributed by atoms with E-state index >= 15 is 0 Å². The molecule has 1 aliphatic heterocycles. The molecule has 1 saturated heterocycles. The summed E-state index contributed by atoms with van der Waals surface area (Å²) >= 11 is 0. The number of nitrogens with one attached hydrogen (secondary N) is 1. The number of nitrogens with zero attached hydrogens (tertiary/aromatic N) is 3. The summed E-state index contributed by atoms with van der Waals surface area (Å²) in [7, 11) is 3.18. The highest BCUT2D eigenvalue weighted by molar-refractivity contribution is 5.95. The minimum Gasteiger partial charge on any atom is -0.497 e. The number of ether oxygens (including phenoxy) is 1. The molecule has 1 aliphatic rings. The van der Waals surface area contributed by atoms with Crippen LogP contribution in [0.3, 0.4) is 0 Å². The lowest BCUT2D eigenvalue weighted by Gasteiger charge is -2.41. The van der Waals surface area contributed by atoms with E-state index in [-0.39, 0.29) is 18.4 Å². The van der Waals surface area contributed by atoms with Crippen molar-refractivity contribution in [3.8, 4) is 5.75 Å². The van der Waals surface area contributed by atoms with Crippen LogP contribution in [0.25, 0.3) is 0 Å². The Morgan fingerprint density at radius 1 is 1.32 bits per heavy atom. The zero-order valence-corrected chi connectivity index (χ0v) is 14.4. The summed E-state index contributed by atoms with van der Waals surface area (Å²) in [5, 5.41) is 7.00. The van der Waals surface area contributed by atoms with E-state index in [0.717, 1.165) is 6.42 Å². The first-order valence-corrected chi connectivity index (χ1v) is 8.26. The lowest BCUT2D eigenvalue weighted by Crippen LogP contribution is -2.59. The monoisotopic (exact) mass is 342 g/mol. The van der Waals surface area contributed by atoms with Gasteiger partial charge in [0.1, 0.15) is 5.75 Å². The van der Waals surface area contributed by atoms with Crippen molar-refractivity contribution in [3.63, 3.8) is 0 Å². The molecule has 0 saturated carbocycles. The Balaban J connectivity index is 1.90. The van der Waals surface area contributed by atoms with Crippen molar-refractivity contribution in [1.29, 1.82) is 0 Å². The average Bonchev–Trinajstić information content (AvgIpc) is 3.22. The van der Waals surface area contributed by atoms with Crippen molar-refractivity contribution >= 4 is 11.8 Å². The molecule has 2 aromatic rings. The first-order valence-electron chi connectivity index (χ1n) is 8.26. The second kappa shape index (κ2) is 6.96. The number of hydrogen-bond acceptors (Lipinski definition) is 4. The molecule has 2 heterocycles. The molecule has 0 aliphatic carbocycles. The van der Waals surface area contributed by atoms with Gasteiger partial charge in [-0.15, -0.1) is 0 Å². The molecule has 0 radical (unpaired) electrons. The molecule has 2 amide bonds. The number of piperidine rings is 1. The fourth-order valence-electron chi connectivity index (χ4n) is 3.38. The lowest BCUT2D eigenvalue weighted by molar-refractivity contribution is -0.132. The largest absolute Gasteiger partial charge is 0.497 e. The predicted molar refractivity (Wildman–Crippen MR) is 92.4 cm³/mol. The van der Waals surface area contributed by atoms with Crippen molar-refractivity contribution in [2.45, 2.75) is 18.4 Å². The first-order chi connectivity index (χ1) is 12.1. The molecule has 1 aromatic carbocycles. The van der Waals surface area contributed by atoms with E-state index in [2.05, 4.69) is 10.4 Å². The van der Waals surface area contributed by atoms with Crippen molar-refractivity contribution < 1.29 is 14.3 Å². The van der Waals surface area contributed by atoms with Crippen LogP contribution < -0.4 is 10.1 Å². The smallest absolute Gasteiger partial charge is 0.254 e. The lowest BCUT2D eigenvalue weighted by atomic mass is 9.87. The molecule has 7 heteroatoms. The van der Waals surface area contributed by atoms with Crippen LogP contribution in [0, 0.1) is 0 Å². The van der Waals surface area contributed by atoms with Crippen LogP contribution in [0.5, 0.6) is 5.75 Å². The molecule has 1 N–H and O–H groups in total. The third kappa shape index (κ3) is 3.09. The van der Waals surface area contributed by atoms with Crippen molar-refractivity contribution in [2.24, 2.45) is 0 Å².